The van der Waals surface area contributed by atoms with Crippen LogP contribution in [0.15, 0.2) is 65.1 Å². The van der Waals surface area contributed by atoms with Gasteiger partial charge in [0, 0.05) is 62.5 Å². The van der Waals surface area contributed by atoms with E-state index in [9.17, 15) is 0 Å². The van der Waals surface area contributed by atoms with Gasteiger partial charge in [-0.2, -0.15) is 0 Å². The number of piperazine rings is 1. The molecule has 1 saturated heterocycles. The molecule has 32 heavy (non-hydrogen) atoms. The highest BCUT2D eigenvalue weighted by molar-refractivity contribution is 9.10. The molecule has 4 heteroatoms. The van der Waals surface area contributed by atoms with Crippen LogP contribution in [0.1, 0.15) is 24.0 Å². The first-order chi connectivity index (χ1) is 15.7. The summed E-state index contributed by atoms with van der Waals surface area (Å²) in [7, 11) is 0. The average molecular weight is 493 g/mol. The van der Waals surface area contributed by atoms with E-state index in [0.717, 1.165) is 45.2 Å². The van der Waals surface area contributed by atoms with Crippen molar-refractivity contribution in [1.29, 1.82) is 0 Å². The second-order valence-electron chi connectivity index (χ2n) is 9.61. The molecular weight excluding hydrogens is 458 g/mol. The van der Waals surface area contributed by atoms with Gasteiger partial charge in [0.1, 0.15) is 0 Å². The number of anilines is 1. The third kappa shape index (κ3) is 5.36. The highest BCUT2D eigenvalue weighted by Gasteiger charge is 2.25. The summed E-state index contributed by atoms with van der Waals surface area (Å²) < 4.78 is 1.27. The molecule has 2 aliphatic rings. The molecule has 2 fully saturated rings. The van der Waals surface area contributed by atoms with Gasteiger partial charge in [-0.05, 0) is 75.6 Å². The van der Waals surface area contributed by atoms with E-state index in [2.05, 4.69) is 98.2 Å². The first-order valence-electron chi connectivity index (χ1n) is 12.1. The third-order valence-corrected chi connectivity index (χ3v) is 7.96. The van der Waals surface area contributed by atoms with Crippen LogP contribution >= 0.6 is 15.9 Å². The topological polar surface area (TPSA) is 9.72 Å². The van der Waals surface area contributed by atoms with Gasteiger partial charge in [0.05, 0.1) is 0 Å². The van der Waals surface area contributed by atoms with Crippen molar-refractivity contribution < 1.29 is 0 Å². The second kappa shape index (κ2) is 9.94. The number of nitrogens with zero attached hydrogens (tertiary/aromatic N) is 3. The van der Waals surface area contributed by atoms with Crippen molar-refractivity contribution in [3.63, 3.8) is 0 Å². The van der Waals surface area contributed by atoms with Crippen LogP contribution in [0, 0.1) is 12.8 Å². The molecule has 0 spiro atoms. The van der Waals surface area contributed by atoms with E-state index in [1.54, 1.807) is 0 Å². The lowest BCUT2D eigenvalue weighted by Gasteiger charge is -2.37. The summed E-state index contributed by atoms with van der Waals surface area (Å²) >= 11 is 3.91. The van der Waals surface area contributed by atoms with Gasteiger partial charge in [-0.25, -0.2) is 0 Å². The Bertz CT molecular complexity index is 1050. The zero-order valence-corrected chi connectivity index (χ0v) is 20.7. The van der Waals surface area contributed by atoms with E-state index >= 15 is 0 Å². The summed E-state index contributed by atoms with van der Waals surface area (Å²) in [5, 5.41) is 2.63. The maximum atomic E-state index is 3.91. The maximum absolute atomic E-state index is 3.91. The predicted octanol–water partition coefficient (Wildman–Crippen LogP) is 5.94. The molecule has 0 atom stereocenters. The largest absolute Gasteiger partial charge is 0.369 e. The Morgan fingerprint density at radius 3 is 2.53 bits per heavy atom. The zero-order chi connectivity index (χ0) is 21.9. The Morgan fingerprint density at radius 1 is 0.938 bits per heavy atom. The average Bonchev–Trinajstić information content (AvgIpc) is 3.64. The lowest BCUT2D eigenvalue weighted by atomic mass is 10.1. The first-order valence-corrected chi connectivity index (χ1v) is 12.9. The van der Waals surface area contributed by atoms with E-state index in [1.165, 1.54) is 58.0 Å². The molecule has 0 bridgehead atoms. The van der Waals surface area contributed by atoms with Crippen molar-refractivity contribution in [2.24, 2.45) is 5.92 Å². The second-order valence-corrected chi connectivity index (χ2v) is 10.4. The summed E-state index contributed by atoms with van der Waals surface area (Å²) in [6, 6.07) is 22.2. The van der Waals surface area contributed by atoms with Crippen LogP contribution in [-0.4, -0.2) is 55.6 Å². The Hall–Kier alpha value is -1.88. The van der Waals surface area contributed by atoms with Crippen molar-refractivity contribution in [3.05, 3.63) is 76.3 Å². The van der Waals surface area contributed by atoms with Gasteiger partial charge in [0.2, 0.25) is 0 Å². The highest BCUT2D eigenvalue weighted by atomic mass is 79.9. The van der Waals surface area contributed by atoms with Crippen molar-refractivity contribution in [1.82, 2.24) is 9.80 Å². The van der Waals surface area contributed by atoms with Crippen molar-refractivity contribution in [3.8, 4) is 0 Å². The zero-order valence-electron chi connectivity index (χ0n) is 19.1. The van der Waals surface area contributed by atoms with Gasteiger partial charge in [0.15, 0.2) is 0 Å². The fraction of sp³-hybridized carbons (Fsp3) is 0.429. The summed E-state index contributed by atoms with van der Waals surface area (Å²) in [6.07, 6.45) is 2.81. The number of rotatable bonds is 8. The van der Waals surface area contributed by atoms with E-state index in [4.69, 9.17) is 0 Å². The standard InChI is InChI=1S/C28H34BrN3/c1-22-5-4-7-26(19-22)32-17-15-30(16-18-32)13-14-31(20-23-9-10-23)21-25-12-11-24-6-2-3-8-27(24)28(25)29/h2-8,11-12,19,23H,9-10,13-18,20-21H2,1H3. The van der Waals surface area contributed by atoms with Crippen molar-refractivity contribution in [2.75, 3.05) is 50.7 Å². The van der Waals surface area contributed by atoms with Crippen LogP contribution in [0.3, 0.4) is 0 Å². The molecule has 0 aromatic heterocycles. The molecule has 1 heterocycles. The fourth-order valence-electron chi connectivity index (χ4n) is 4.88. The lowest BCUT2D eigenvalue weighted by Crippen LogP contribution is -2.48. The van der Waals surface area contributed by atoms with Crippen LogP contribution in [0.2, 0.25) is 0 Å². The monoisotopic (exact) mass is 491 g/mol. The van der Waals surface area contributed by atoms with Crippen molar-refractivity contribution >= 4 is 32.4 Å². The normalized spacial score (nSPS) is 17.4. The minimum atomic E-state index is 0.910. The number of hydrogen-bond donors (Lipinski definition) is 0. The Kier molecular flexibility index (Phi) is 6.82. The molecule has 0 amide bonds. The smallest absolute Gasteiger partial charge is 0.0369 e. The molecule has 1 aliphatic heterocycles. The third-order valence-electron chi connectivity index (χ3n) is 7.02. The van der Waals surface area contributed by atoms with Gasteiger partial charge in [-0.1, -0.05) is 48.5 Å². The molecule has 168 valence electrons. The van der Waals surface area contributed by atoms with Gasteiger partial charge in [-0.15, -0.1) is 0 Å². The minimum absolute atomic E-state index is 0.910. The predicted molar refractivity (Wildman–Crippen MR) is 139 cm³/mol. The number of benzene rings is 3. The van der Waals surface area contributed by atoms with Crippen molar-refractivity contribution in [2.45, 2.75) is 26.3 Å². The molecule has 1 saturated carbocycles. The van der Waals surface area contributed by atoms with E-state index in [1.807, 2.05) is 0 Å². The van der Waals surface area contributed by atoms with Crippen LogP contribution < -0.4 is 4.90 Å². The SMILES string of the molecule is Cc1cccc(N2CCN(CCN(Cc3ccc4ccccc4c3Br)CC3CC3)CC2)c1. The summed E-state index contributed by atoms with van der Waals surface area (Å²) in [6.45, 7) is 11.3. The summed E-state index contributed by atoms with van der Waals surface area (Å²) in [4.78, 5) is 7.89. The van der Waals surface area contributed by atoms with E-state index < -0.39 is 0 Å². The van der Waals surface area contributed by atoms with E-state index in [-0.39, 0.29) is 0 Å². The molecule has 5 rings (SSSR count). The number of hydrogen-bond acceptors (Lipinski definition) is 3. The number of aryl methyl sites for hydroxylation is 1. The molecule has 0 unspecified atom stereocenters. The van der Waals surface area contributed by atoms with E-state index in [0.29, 0.717) is 0 Å². The molecule has 3 nitrogen and oxygen atoms in total. The number of halogens is 1. The van der Waals surface area contributed by atoms with Gasteiger partial charge < -0.3 is 4.90 Å². The quantitative estimate of drug-likeness (QED) is 0.385. The van der Waals surface area contributed by atoms with Gasteiger partial charge in [0.25, 0.3) is 0 Å². The van der Waals surface area contributed by atoms with Gasteiger partial charge in [-0.3, -0.25) is 9.80 Å². The number of fused-ring (bicyclic) bond motifs is 1. The van der Waals surface area contributed by atoms with Gasteiger partial charge >= 0.3 is 0 Å². The van der Waals surface area contributed by atoms with Crippen LogP contribution in [-0.2, 0) is 6.54 Å². The maximum Gasteiger partial charge on any atom is 0.0369 e. The van der Waals surface area contributed by atoms with Crippen LogP contribution in [0.4, 0.5) is 5.69 Å². The molecule has 0 N–H and O–H groups in total. The molecule has 3 aromatic carbocycles. The molecule has 3 aromatic rings. The first kappa shape index (κ1) is 21.9. The Labute approximate surface area is 201 Å². The molecule has 1 aliphatic carbocycles. The molecular formula is C28H34BrN3. The van der Waals surface area contributed by atoms with Crippen LogP contribution in [0.5, 0.6) is 0 Å². The minimum Gasteiger partial charge on any atom is -0.369 e. The summed E-state index contributed by atoms with van der Waals surface area (Å²) in [5.41, 5.74) is 4.13. The lowest BCUT2D eigenvalue weighted by molar-refractivity contribution is 0.187. The van der Waals surface area contributed by atoms with Crippen LogP contribution in [0.25, 0.3) is 10.8 Å². The highest BCUT2D eigenvalue weighted by Crippen LogP contribution is 2.32. The molecule has 0 radical (unpaired) electrons. The Balaban J connectivity index is 1.19. The Morgan fingerprint density at radius 2 is 1.75 bits per heavy atom. The summed E-state index contributed by atoms with van der Waals surface area (Å²) in [5.74, 6) is 0.910. The fourth-order valence-corrected chi connectivity index (χ4v) is 5.50.